The summed E-state index contributed by atoms with van der Waals surface area (Å²) in [6, 6.07) is 14.0. The number of halogens is 2. The van der Waals surface area contributed by atoms with E-state index in [1.807, 2.05) is 24.3 Å². The van der Waals surface area contributed by atoms with Crippen LogP contribution in [0.3, 0.4) is 0 Å². The monoisotopic (exact) mass is 319 g/mol. The van der Waals surface area contributed by atoms with E-state index in [1.165, 1.54) is 12.1 Å². The van der Waals surface area contributed by atoms with E-state index < -0.39 is 0 Å². The van der Waals surface area contributed by atoms with Gasteiger partial charge in [-0.2, -0.15) is 0 Å². The third-order valence-electron chi connectivity index (χ3n) is 3.46. The maximum absolute atomic E-state index is 12.8. The van der Waals surface area contributed by atoms with E-state index in [0.717, 1.165) is 29.0 Å². The molecule has 0 aliphatic heterocycles. The highest BCUT2D eigenvalue weighted by Crippen LogP contribution is 2.16. The van der Waals surface area contributed by atoms with Crippen LogP contribution in [0.2, 0.25) is 5.02 Å². The average molecular weight is 320 g/mol. The maximum atomic E-state index is 12.8. The molecule has 0 heterocycles. The second kappa shape index (κ2) is 8.54. The zero-order chi connectivity index (χ0) is 15.8. The first-order valence-corrected chi connectivity index (χ1v) is 7.77. The minimum atomic E-state index is -0.257. The van der Waals surface area contributed by atoms with Crippen LogP contribution in [0.4, 0.5) is 4.39 Å². The smallest absolute Gasteiger partial charge is 0.220 e. The highest BCUT2D eigenvalue weighted by atomic mass is 35.5. The Balaban J connectivity index is 1.64. The van der Waals surface area contributed by atoms with Crippen molar-refractivity contribution in [2.24, 2.45) is 0 Å². The van der Waals surface area contributed by atoms with E-state index in [0.29, 0.717) is 19.4 Å². The zero-order valence-corrected chi connectivity index (χ0v) is 13.1. The molecule has 0 saturated carbocycles. The SMILES string of the molecule is O=C(CCc1ccc(F)cc1)NCCCc1ccccc1Cl. The fraction of sp³-hybridized carbons (Fsp3) is 0.278. The fourth-order valence-electron chi connectivity index (χ4n) is 2.21. The van der Waals surface area contributed by atoms with E-state index >= 15 is 0 Å². The number of rotatable bonds is 7. The van der Waals surface area contributed by atoms with Crippen LogP contribution in [0.5, 0.6) is 0 Å². The lowest BCUT2D eigenvalue weighted by Gasteiger charge is -2.06. The van der Waals surface area contributed by atoms with Gasteiger partial charge < -0.3 is 5.32 Å². The van der Waals surface area contributed by atoms with Crippen LogP contribution >= 0.6 is 11.6 Å². The van der Waals surface area contributed by atoms with E-state index in [2.05, 4.69) is 5.32 Å². The number of hydrogen-bond donors (Lipinski definition) is 1. The van der Waals surface area contributed by atoms with Crippen molar-refractivity contribution >= 4 is 17.5 Å². The van der Waals surface area contributed by atoms with Crippen molar-refractivity contribution in [1.29, 1.82) is 0 Å². The van der Waals surface area contributed by atoms with Crippen LogP contribution in [0.1, 0.15) is 24.0 Å². The van der Waals surface area contributed by atoms with Crippen LogP contribution < -0.4 is 5.32 Å². The molecule has 0 aliphatic carbocycles. The van der Waals surface area contributed by atoms with Gasteiger partial charge in [0.25, 0.3) is 0 Å². The number of carbonyl (C=O) groups is 1. The molecule has 22 heavy (non-hydrogen) atoms. The summed E-state index contributed by atoms with van der Waals surface area (Å²) in [5, 5.41) is 3.67. The Kier molecular flexibility index (Phi) is 6.41. The van der Waals surface area contributed by atoms with Gasteiger partial charge >= 0.3 is 0 Å². The molecule has 116 valence electrons. The Morgan fingerprint density at radius 3 is 2.50 bits per heavy atom. The summed E-state index contributed by atoms with van der Waals surface area (Å²) in [5.41, 5.74) is 2.07. The molecule has 0 fully saturated rings. The molecule has 2 aromatic carbocycles. The van der Waals surface area contributed by atoms with E-state index in [4.69, 9.17) is 11.6 Å². The predicted octanol–water partition coefficient (Wildman–Crippen LogP) is 4.16. The largest absolute Gasteiger partial charge is 0.356 e. The van der Waals surface area contributed by atoms with Gasteiger partial charge in [-0.3, -0.25) is 4.79 Å². The molecule has 0 saturated heterocycles. The van der Waals surface area contributed by atoms with Crippen molar-refractivity contribution in [3.8, 4) is 0 Å². The van der Waals surface area contributed by atoms with Crippen LogP contribution in [-0.2, 0) is 17.6 Å². The lowest BCUT2D eigenvalue weighted by molar-refractivity contribution is -0.121. The van der Waals surface area contributed by atoms with Crippen LogP contribution in [0.25, 0.3) is 0 Å². The third-order valence-corrected chi connectivity index (χ3v) is 3.83. The predicted molar refractivity (Wildman–Crippen MR) is 87.5 cm³/mol. The Morgan fingerprint density at radius 1 is 1.05 bits per heavy atom. The van der Waals surface area contributed by atoms with E-state index in [1.54, 1.807) is 12.1 Å². The summed E-state index contributed by atoms with van der Waals surface area (Å²) in [6.45, 7) is 0.632. The first-order valence-electron chi connectivity index (χ1n) is 7.40. The number of carbonyl (C=O) groups excluding carboxylic acids is 1. The van der Waals surface area contributed by atoms with Crippen LogP contribution in [0, 0.1) is 5.82 Å². The summed E-state index contributed by atoms with van der Waals surface area (Å²) in [5.74, 6) is -0.240. The van der Waals surface area contributed by atoms with E-state index in [9.17, 15) is 9.18 Å². The molecule has 0 aliphatic rings. The van der Waals surface area contributed by atoms with Gasteiger partial charge in [-0.15, -0.1) is 0 Å². The van der Waals surface area contributed by atoms with Crippen molar-refractivity contribution in [2.45, 2.75) is 25.7 Å². The molecule has 1 N–H and O–H groups in total. The molecule has 2 rings (SSSR count). The van der Waals surface area contributed by atoms with Crippen LogP contribution in [0.15, 0.2) is 48.5 Å². The Bertz CT molecular complexity index is 613. The van der Waals surface area contributed by atoms with Crippen molar-refractivity contribution in [3.05, 3.63) is 70.5 Å². The number of amides is 1. The average Bonchev–Trinajstić information content (AvgIpc) is 2.52. The second-order valence-electron chi connectivity index (χ2n) is 5.17. The summed E-state index contributed by atoms with van der Waals surface area (Å²) in [4.78, 5) is 11.8. The normalized spacial score (nSPS) is 10.5. The van der Waals surface area contributed by atoms with Gasteiger partial charge in [0.05, 0.1) is 0 Å². The maximum Gasteiger partial charge on any atom is 0.220 e. The molecule has 1 amide bonds. The number of hydrogen-bond acceptors (Lipinski definition) is 1. The third kappa shape index (κ3) is 5.49. The summed E-state index contributed by atoms with van der Waals surface area (Å²) < 4.78 is 12.8. The van der Waals surface area contributed by atoms with Crippen molar-refractivity contribution in [3.63, 3.8) is 0 Å². The molecule has 4 heteroatoms. The molecule has 0 unspecified atom stereocenters. The van der Waals surface area contributed by atoms with Gasteiger partial charge in [0.2, 0.25) is 5.91 Å². The molecule has 0 bridgehead atoms. The van der Waals surface area contributed by atoms with Gasteiger partial charge in [0.15, 0.2) is 0 Å². The van der Waals surface area contributed by atoms with Gasteiger partial charge in [0.1, 0.15) is 5.82 Å². The Labute approximate surface area is 135 Å². The number of aryl methyl sites for hydroxylation is 2. The van der Waals surface area contributed by atoms with Gasteiger partial charge in [-0.1, -0.05) is 41.9 Å². The minimum Gasteiger partial charge on any atom is -0.356 e. The van der Waals surface area contributed by atoms with Crippen LogP contribution in [-0.4, -0.2) is 12.5 Å². The molecule has 2 nitrogen and oxygen atoms in total. The summed E-state index contributed by atoms with van der Waals surface area (Å²) in [6.07, 6.45) is 2.73. The van der Waals surface area contributed by atoms with Crippen molar-refractivity contribution in [2.75, 3.05) is 6.54 Å². The van der Waals surface area contributed by atoms with E-state index in [-0.39, 0.29) is 11.7 Å². The number of benzene rings is 2. The second-order valence-corrected chi connectivity index (χ2v) is 5.58. The van der Waals surface area contributed by atoms with Crippen molar-refractivity contribution < 1.29 is 9.18 Å². The Hall–Kier alpha value is -1.87. The molecule has 0 atom stereocenters. The molecular formula is C18H19ClFNO. The quantitative estimate of drug-likeness (QED) is 0.763. The first kappa shape index (κ1) is 16.5. The molecule has 0 spiro atoms. The number of nitrogens with one attached hydrogen (secondary N) is 1. The standard InChI is InChI=1S/C18H19ClFNO/c19-17-6-2-1-4-15(17)5-3-13-21-18(22)12-9-14-7-10-16(20)11-8-14/h1-2,4,6-8,10-11H,3,5,9,12-13H2,(H,21,22). The first-order chi connectivity index (χ1) is 10.6. The molecule has 0 aromatic heterocycles. The van der Waals surface area contributed by atoms with Gasteiger partial charge in [-0.05, 0) is 48.6 Å². The molecular weight excluding hydrogens is 301 g/mol. The lowest BCUT2D eigenvalue weighted by atomic mass is 10.1. The van der Waals surface area contributed by atoms with Crippen molar-refractivity contribution in [1.82, 2.24) is 5.32 Å². The lowest BCUT2D eigenvalue weighted by Crippen LogP contribution is -2.25. The zero-order valence-electron chi connectivity index (χ0n) is 12.3. The van der Waals surface area contributed by atoms with Gasteiger partial charge in [-0.25, -0.2) is 4.39 Å². The fourth-order valence-corrected chi connectivity index (χ4v) is 2.44. The minimum absolute atomic E-state index is 0.0171. The topological polar surface area (TPSA) is 29.1 Å². The van der Waals surface area contributed by atoms with Gasteiger partial charge in [0, 0.05) is 18.0 Å². The Morgan fingerprint density at radius 2 is 1.77 bits per heavy atom. The molecule has 2 aromatic rings. The highest BCUT2D eigenvalue weighted by molar-refractivity contribution is 6.31. The summed E-state index contributed by atoms with van der Waals surface area (Å²) >= 11 is 6.08. The molecule has 0 radical (unpaired) electrons. The summed E-state index contributed by atoms with van der Waals surface area (Å²) in [7, 11) is 0. The highest BCUT2D eigenvalue weighted by Gasteiger charge is 2.03.